The van der Waals surface area contributed by atoms with Gasteiger partial charge in [-0.3, -0.25) is 4.90 Å². The van der Waals surface area contributed by atoms with Gasteiger partial charge in [0.25, 0.3) is 10.0 Å². The second-order valence-electron chi connectivity index (χ2n) is 10.1. The Hall–Kier alpha value is -3.12. The fourth-order valence-electron chi connectivity index (χ4n) is 5.48. The van der Waals surface area contributed by atoms with Crippen molar-refractivity contribution in [3.05, 3.63) is 84.2 Å². The average Bonchev–Trinajstić information content (AvgIpc) is 3.72. The van der Waals surface area contributed by atoms with Crippen LogP contribution in [0.5, 0.6) is 0 Å². The highest BCUT2D eigenvalue weighted by atomic mass is 32.2. The van der Waals surface area contributed by atoms with Gasteiger partial charge in [0, 0.05) is 44.3 Å². The van der Waals surface area contributed by atoms with Crippen LogP contribution >= 0.6 is 11.3 Å². The Bertz CT molecular complexity index is 1540. The molecule has 4 heterocycles. The molecule has 204 valence electrons. The minimum absolute atomic E-state index is 0.148. The summed E-state index contributed by atoms with van der Waals surface area (Å²) in [6.07, 6.45) is 8.18. The van der Waals surface area contributed by atoms with E-state index in [4.69, 9.17) is 0 Å². The summed E-state index contributed by atoms with van der Waals surface area (Å²) in [5.41, 5.74) is 3.70. The van der Waals surface area contributed by atoms with Crippen LogP contribution in [0.25, 0.3) is 11.3 Å². The van der Waals surface area contributed by atoms with E-state index in [0.717, 1.165) is 60.1 Å². The van der Waals surface area contributed by atoms with Gasteiger partial charge in [-0.25, -0.2) is 27.5 Å². The van der Waals surface area contributed by atoms with Crippen molar-refractivity contribution in [1.82, 2.24) is 24.2 Å². The van der Waals surface area contributed by atoms with Crippen molar-refractivity contribution >= 4 is 26.5 Å². The number of rotatable bonds is 9. The van der Waals surface area contributed by atoms with Crippen molar-refractivity contribution < 1.29 is 12.8 Å². The van der Waals surface area contributed by atoms with E-state index in [1.807, 2.05) is 28.8 Å². The number of nitrogens with one attached hydrogen (secondary N) is 1. The van der Waals surface area contributed by atoms with Crippen LogP contribution in [0.4, 0.5) is 9.52 Å². The van der Waals surface area contributed by atoms with Gasteiger partial charge in [0.2, 0.25) is 0 Å². The molecule has 1 N–H and O–H groups in total. The highest BCUT2D eigenvalue weighted by molar-refractivity contribution is 7.91. The first kappa shape index (κ1) is 26.1. The lowest BCUT2D eigenvalue weighted by molar-refractivity contribution is 0.231. The number of aromatic nitrogens is 3. The van der Waals surface area contributed by atoms with Gasteiger partial charge in [-0.05, 0) is 49.1 Å². The standard InChI is InChI=1S/C28H31FN6O2S2/c29-23-9-7-21(8-10-23)11-13-35-20-30-17-26(35)25-6-2-1-4-22(25)16-32-39(36,37)27-18-31-28(38-27)34-15-14-33-12-3-5-24(33)19-34/h1-2,4,6-10,17-18,20,24,32H,3,5,11-16,19H2/t24-/m0/s1. The molecule has 0 spiro atoms. The van der Waals surface area contributed by atoms with Gasteiger partial charge >= 0.3 is 0 Å². The second-order valence-corrected chi connectivity index (χ2v) is 13.1. The fraction of sp³-hybridized carbons (Fsp3) is 0.357. The summed E-state index contributed by atoms with van der Waals surface area (Å²) >= 11 is 1.23. The smallest absolute Gasteiger partial charge is 0.252 e. The van der Waals surface area contributed by atoms with Gasteiger partial charge in [0.15, 0.2) is 9.34 Å². The summed E-state index contributed by atoms with van der Waals surface area (Å²) in [7, 11) is -3.72. The van der Waals surface area contributed by atoms with Gasteiger partial charge in [-0.2, -0.15) is 0 Å². The van der Waals surface area contributed by atoms with E-state index in [9.17, 15) is 12.8 Å². The van der Waals surface area contributed by atoms with Crippen LogP contribution in [0.3, 0.4) is 0 Å². The third kappa shape index (κ3) is 5.76. The molecular formula is C28H31FN6O2S2. The van der Waals surface area contributed by atoms with Crippen molar-refractivity contribution in [1.29, 1.82) is 0 Å². The highest BCUT2D eigenvalue weighted by Gasteiger charge is 2.32. The van der Waals surface area contributed by atoms with Gasteiger partial charge in [-0.15, -0.1) is 0 Å². The number of fused-ring (bicyclic) bond motifs is 1. The number of thiazole rings is 1. The SMILES string of the molecule is O=S(=O)(NCc1ccccc1-c1cncn1CCc1ccc(F)cc1)c1cnc(N2CCN3CCC[C@H]3C2)s1. The maximum Gasteiger partial charge on any atom is 0.252 e. The van der Waals surface area contributed by atoms with E-state index in [-0.39, 0.29) is 16.6 Å². The molecule has 2 aliphatic rings. The number of halogens is 1. The molecule has 0 unspecified atom stereocenters. The Morgan fingerprint density at radius 3 is 2.77 bits per heavy atom. The van der Waals surface area contributed by atoms with Crippen molar-refractivity contribution in [3.8, 4) is 11.3 Å². The maximum absolute atomic E-state index is 13.3. The van der Waals surface area contributed by atoms with E-state index < -0.39 is 10.0 Å². The molecule has 2 saturated heterocycles. The molecular weight excluding hydrogens is 535 g/mol. The van der Waals surface area contributed by atoms with E-state index in [2.05, 4.69) is 24.5 Å². The lowest BCUT2D eigenvalue weighted by Gasteiger charge is -2.37. The topological polar surface area (TPSA) is 83.4 Å². The third-order valence-corrected chi connectivity index (χ3v) is 10.5. The molecule has 11 heteroatoms. The lowest BCUT2D eigenvalue weighted by atomic mass is 10.0. The van der Waals surface area contributed by atoms with Crippen LogP contribution in [0.2, 0.25) is 0 Å². The first-order valence-electron chi connectivity index (χ1n) is 13.2. The van der Waals surface area contributed by atoms with Crippen LogP contribution < -0.4 is 9.62 Å². The summed E-state index contributed by atoms with van der Waals surface area (Å²) in [5.74, 6) is -0.250. The Balaban J connectivity index is 1.14. The van der Waals surface area contributed by atoms with Crippen LogP contribution in [0, 0.1) is 5.82 Å². The minimum atomic E-state index is -3.72. The van der Waals surface area contributed by atoms with E-state index in [1.165, 1.54) is 42.5 Å². The first-order chi connectivity index (χ1) is 19.0. The predicted octanol–water partition coefficient (Wildman–Crippen LogP) is 4.15. The number of benzene rings is 2. The molecule has 0 bridgehead atoms. The molecule has 0 aliphatic carbocycles. The van der Waals surface area contributed by atoms with Crippen molar-refractivity contribution in [2.24, 2.45) is 0 Å². The molecule has 6 rings (SSSR count). The summed E-state index contributed by atoms with van der Waals surface area (Å²) in [6, 6.07) is 14.8. The van der Waals surface area contributed by atoms with Crippen molar-refractivity contribution in [2.75, 3.05) is 31.1 Å². The van der Waals surface area contributed by atoms with Gasteiger partial charge in [0.1, 0.15) is 5.82 Å². The number of anilines is 1. The molecule has 4 aromatic rings. The molecule has 1 atom stereocenters. The van der Waals surface area contributed by atoms with Crippen LogP contribution in [0.1, 0.15) is 24.0 Å². The zero-order valence-electron chi connectivity index (χ0n) is 21.5. The summed E-state index contributed by atoms with van der Waals surface area (Å²) in [5, 5.41) is 0.771. The highest BCUT2D eigenvalue weighted by Crippen LogP contribution is 2.31. The number of hydrogen-bond donors (Lipinski definition) is 1. The first-order valence-corrected chi connectivity index (χ1v) is 15.5. The predicted molar refractivity (Wildman–Crippen MR) is 151 cm³/mol. The zero-order chi connectivity index (χ0) is 26.8. The number of piperazine rings is 1. The van der Waals surface area contributed by atoms with Crippen LogP contribution in [-0.4, -0.2) is 60.1 Å². The Morgan fingerprint density at radius 1 is 1.05 bits per heavy atom. The van der Waals surface area contributed by atoms with Gasteiger partial charge in [0.05, 0.1) is 24.4 Å². The number of aryl methyl sites for hydroxylation is 2. The van der Waals surface area contributed by atoms with E-state index in [0.29, 0.717) is 12.6 Å². The van der Waals surface area contributed by atoms with Crippen LogP contribution in [-0.2, 0) is 29.5 Å². The second kappa shape index (κ2) is 11.2. The number of hydrogen-bond acceptors (Lipinski definition) is 7. The molecule has 2 aliphatic heterocycles. The molecule has 2 aromatic carbocycles. The fourth-order valence-corrected chi connectivity index (χ4v) is 7.68. The van der Waals surface area contributed by atoms with E-state index >= 15 is 0 Å². The number of sulfonamides is 1. The summed E-state index contributed by atoms with van der Waals surface area (Å²) < 4.78 is 44.7. The van der Waals surface area contributed by atoms with Crippen molar-refractivity contribution in [2.45, 2.75) is 42.6 Å². The van der Waals surface area contributed by atoms with Crippen molar-refractivity contribution in [3.63, 3.8) is 0 Å². The van der Waals surface area contributed by atoms with Gasteiger partial charge < -0.3 is 9.47 Å². The quantitative estimate of drug-likeness (QED) is 0.328. The van der Waals surface area contributed by atoms with E-state index in [1.54, 1.807) is 24.7 Å². The Labute approximate surface area is 232 Å². The third-order valence-electron chi connectivity index (χ3n) is 7.61. The Kier molecular flexibility index (Phi) is 7.48. The Morgan fingerprint density at radius 2 is 1.90 bits per heavy atom. The van der Waals surface area contributed by atoms with Crippen LogP contribution in [0.15, 0.2) is 71.5 Å². The minimum Gasteiger partial charge on any atom is -0.345 e. The normalized spacial score (nSPS) is 18.0. The zero-order valence-corrected chi connectivity index (χ0v) is 23.2. The monoisotopic (exact) mass is 566 g/mol. The summed E-state index contributed by atoms with van der Waals surface area (Å²) in [4.78, 5) is 13.6. The summed E-state index contributed by atoms with van der Waals surface area (Å²) in [6.45, 7) is 4.76. The average molecular weight is 567 g/mol. The molecule has 0 radical (unpaired) electrons. The van der Waals surface area contributed by atoms with Gasteiger partial charge in [-0.1, -0.05) is 47.7 Å². The largest absolute Gasteiger partial charge is 0.345 e. The molecule has 2 aromatic heterocycles. The molecule has 0 amide bonds. The lowest BCUT2D eigenvalue weighted by Crippen LogP contribution is -2.50. The molecule has 2 fully saturated rings. The maximum atomic E-state index is 13.3. The molecule has 39 heavy (non-hydrogen) atoms. The molecule has 8 nitrogen and oxygen atoms in total. The molecule has 0 saturated carbocycles. The number of imidazole rings is 1. The number of nitrogens with zero attached hydrogens (tertiary/aromatic N) is 5.